The Bertz CT molecular complexity index is 1860. The molecule has 1 aliphatic heterocycles. The topological polar surface area (TPSA) is 197 Å². The minimum atomic E-state index is -2.50. The van der Waals surface area contributed by atoms with E-state index in [0.717, 1.165) is 12.8 Å². The van der Waals surface area contributed by atoms with Crippen molar-refractivity contribution in [2.75, 3.05) is 30.9 Å². The van der Waals surface area contributed by atoms with Gasteiger partial charge in [0, 0.05) is 18.3 Å². The van der Waals surface area contributed by atoms with Crippen LogP contribution in [0.5, 0.6) is 11.5 Å². The second-order valence-electron chi connectivity index (χ2n) is 19.1. The van der Waals surface area contributed by atoms with E-state index in [9.17, 15) is 24.0 Å². The molecule has 1 heterocycles. The Morgan fingerprint density at radius 1 is 0.855 bits per heavy atom. The van der Waals surface area contributed by atoms with Crippen LogP contribution in [0.15, 0.2) is 36.4 Å². The van der Waals surface area contributed by atoms with Gasteiger partial charge in [0.2, 0.25) is 5.91 Å². The molecule has 17 heteroatoms. The lowest BCUT2D eigenvalue weighted by molar-refractivity contribution is -0.134. The third-order valence-electron chi connectivity index (χ3n) is 12.3. The van der Waals surface area contributed by atoms with Gasteiger partial charge in [-0.25, -0.2) is 9.59 Å². The number of methoxy groups -OCH3 is 1. The number of likely N-dealkylation sites (tertiary alicyclic amines) is 1. The predicted molar refractivity (Wildman–Crippen MR) is 248 cm³/mol. The van der Waals surface area contributed by atoms with E-state index in [2.05, 4.69) is 91.4 Å². The maximum absolute atomic E-state index is 14.6. The zero-order valence-electron chi connectivity index (χ0n) is 39.6. The second-order valence-corrected chi connectivity index (χ2v) is 29.2. The number of benzene rings is 2. The fraction of sp³-hybridized carbons (Fsp3) is 0.622. The molecule has 3 atom stereocenters. The molecule has 1 saturated heterocycles. The number of primary amides is 1. The summed E-state index contributed by atoms with van der Waals surface area (Å²) in [5, 5.41) is 8.14. The number of hydrogen-bond donors (Lipinski definition) is 4. The molecular weight excluding hydrogens is 827 g/mol. The van der Waals surface area contributed by atoms with E-state index in [1.807, 2.05) is 4.90 Å². The Labute approximate surface area is 371 Å². The molecule has 0 saturated carbocycles. The maximum atomic E-state index is 14.6. The molecule has 346 valence electrons. The van der Waals surface area contributed by atoms with Crippen LogP contribution in [0, 0.1) is 5.92 Å². The van der Waals surface area contributed by atoms with Crippen LogP contribution in [-0.2, 0) is 30.1 Å². The van der Waals surface area contributed by atoms with E-state index >= 15 is 0 Å². The second kappa shape index (κ2) is 21.6. The maximum Gasteiger partial charge on any atom is 0.411 e. The molecule has 0 bridgehead atoms. The number of carbonyl (C=O) groups is 5. The molecule has 1 aliphatic rings. The number of ether oxygens (including phenoxy) is 3. The Morgan fingerprint density at radius 2 is 1.45 bits per heavy atom. The molecular formula is C45H73N5O10Si2. The lowest BCUT2D eigenvalue weighted by atomic mass is 10.1. The Kier molecular flexibility index (Phi) is 18.1. The van der Waals surface area contributed by atoms with Crippen LogP contribution in [-0.4, -0.2) is 89.9 Å². The average molecular weight is 900 g/mol. The highest BCUT2D eigenvalue weighted by Crippen LogP contribution is 2.46. The summed E-state index contributed by atoms with van der Waals surface area (Å²) in [4.78, 5) is 66.8. The number of nitrogens with zero attached hydrogens (tertiary/aromatic N) is 1. The summed E-state index contributed by atoms with van der Waals surface area (Å²) in [7, 11) is -3.04. The van der Waals surface area contributed by atoms with E-state index in [1.165, 1.54) is 6.92 Å². The van der Waals surface area contributed by atoms with E-state index in [-0.39, 0.29) is 57.4 Å². The summed E-state index contributed by atoms with van der Waals surface area (Å²) in [6, 6.07) is 8.90. The SMILES string of the molecule is COc1cc(C(=O)N2CCCC2CO[Si](C)(C)C(C)(C)C)c(NC(=O)OCc2ccc(NC(=O)C(C)NC(=O)C(OC(N)=O)C(C)C)cc2)cc1O[Si](C(C)C)(C(C)C)C(C)C. The van der Waals surface area contributed by atoms with Crippen molar-refractivity contribution in [3.63, 3.8) is 0 Å². The minimum absolute atomic E-state index is 0.0162. The number of nitrogens with two attached hydrogens (primary N) is 1. The highest BCUT2D eigenvalue weighted by atomic mass is 28.4. The number of anilines is 2. The zero-order chi connectivity index (χ0) is 46.9. The quantitative estimate of drug-likeness (QED) is 0.0987. The van der Waals surface area contributed by atoms with Crippen molar-refractivity contribution in [2.24, 2.45) is 11.7 Å². The van der Waals surface area contributed by atoms with Gasteiger partial charge in [-0.3, -0.25) is 19.7 Å². The Balaban J connectivity index is 1.86. The minimum Gasteiger partial charge on any atom is -0.540 e. The number of nitrogens with one attached hydrogen (secondary N) is 3. The molecule has 62 heavy (non-hydrogen) atoms. The van der Waals surface area contributed by atoms with E-state index in [0.29, 0.717) is 35.9 Å². The first kappa shape index (κ1) is 51.7. The van der Waals surface area contributed by atoms with E-state index in [1.54, 1.807) is 57.4 Å². The van der Waals surface area contributed by atoms with E-state index in [4.69, 9.17) is 28.8 Å². The first-order valence-electron chi connectivity index (χ1n) is 21.7. The van der Waals surface area contributed by atoms with Gasteiger partial charge in [-0.1, -0.05) is 88.3 Å². The van der Waals surface area contributed by atoms with Crippen LogP contribution < -0.4 is 30.8 Å². The molecule has 3 unspecified atom stereocenters. The molecule has 1 fully saturated rings. The lowest BCUT2D eigenvalue weighted by Crippen LogP contribution is -2.50. The summed E-state index contributed by atoms with van der Waals surface area (Å²) in [5.41, 5.74) is 7.40. The van der Waals surface area contributed by atoms with Crippen LogP contribution in [0.2, 0.25) is 34.8 Å². The molecule has 15 nitrogen and oxygen atoms in total. The van der Waals surface area contributed by atoms with Crippen LogP contribution >= 0.6 is 0 Å². The van der Waals surface area contributed by atoms with E-state index < -0.39 is 52.8 Å². The van der Waals surface area contributed by atoms with Gasteiger partial charge in [-0.05, 0) is 84.2 Å². The normalized spacial score (nSPS) is 15.7. The predicted octanol–water partition coefficient (Wildman–Crippen LogP) is 9.19. The summed E-state index contributed by atoms with van der Waals surface area (Å²) >= 11 is 0. The Hall–Kier alpha value is -4.62. The van der Waals surface area contributed by atoms with Gasteiger partial charge < -0.3 is 44.3 Å². The fourth-order valence-corrected chi connectivity index (χ4v) is 14.1. The Morgan fingerprint density at radius 3 is 1.97 bits per heavy atom. The number of carbonyl (C=O) groups excluding carboxylic acids is 5. The number of amides is 5. The van der Waals surface area contributed by atoms with Gasteiger partial charge >= 0.3 is 12.2 Å². The lowest BCUT2D eigenvalue weighted by Gasteiger charge is -2.42. The molecule has 0 spiro atoms. The highest BCUT2D eigenvalue weighted by molar-refractivity contribution is 6.78. The zero-order valence-corrected chi connectivity index (χ0v) is 41.6. The molecule has 2 aromatic carbocycles. The molecule has 2 aromatic rings. The van der Waals surface area contributed by atoms with Crippen LogP contribution in [0.1, 0.15) is 112 Å². The summed E-state index contributed by atoms with van der Waals surface area (Å²) in [6.45, 7) is 29.8. The highest BCUT2D eigenvalue weighted by Gasteiger charge is 2.48. The van der Waals surface area contributed by atoms with Crippen LogP contribution in [0.25, 0.3) is 0 Å². The van der Waals surface area contributed by atoms with Crippen molar-refractivity contribution in [3.05, 3.63) is 47.5 Å². The van der Waals surface area contributed by atoms with Crippen LogP contribution in [0.4, 0.5) is 21.0 Å². The van der Waals surface area contributed by atoms with Gasteiger partial charge in [0.15, 0.2) is 20.2 Å². The largest absolute Gasteiger partial charge is 0.540 e. The van der Waals surface area contributed by atoms with Crippen molar-refractivity contribution >= 4 is 57.9 Å². The summed E-state index contributed by atoms with van der Waals surface area (Å²) in [6.07, 6.45) is -1.39. The standard InChI is InChI=1S/C45H73N5O10Si2/c1-27(2)39(59-43(46)54)41(52)47-31(9)40(51)48-33-20-18-32(19-21-33)25-57-44(55)49-36-24-38(60-62(28(3)4,29(5)6)30(7)8)37(56-13)23-35(36)42(53)50-22-16-17-34(50)26-58-61(14,15)45(10,11)12/h18-21,23-24,27-31,34,39H,16-17,22,25-26H2,1-15H3,(H2,46,54)(H,47,52)(H,48,51)(H,49,55). The third-order valence-corrected chi connectivity index (χ3v) is 22.8. The molecule has 0 radical (unpaired) electrons. The third kappa shape index (κ3) is 13.0. The van der Waals surface area contributed by atoms with Gasteiger partial charge in [0.1, 0.15) is 18.4 Å². The summed E-state index contributed by atoms with van der Waals surface area (Å²) < 4.78 is 30.1. The van der Waals surface area contributed by atoms with Gasteiger partial charge in [0.25, 0.3) is 20.1 Å². The van der Waals surface area contributed by atoms with Gasteiger partial charge in [-0.15, -0.1) is 0 Å². The monoisotopic (exact) mass is 899 g/mol. The molecule has 3 rings (SSSR count). The fourth-order valence-electron chi connectivity index (χ4n) is 7.78. The van der Waals surface area contributed by atoms with Crippen molar-refractivity contribution < 1.29 is 47.0 Å². The van der Waals surface area contributed by atoms with Crippen molar-refractivity contribution in [2.45, 2.75) is 155 Å². The summed E-state index contributed by atoms with van der Waals surface area (Å²) in [5.74, 6) is -0.919. The molecule has 5 amide bonds. The first-order chi connectivity index (χ1) is 28.7. The molecule has 5 N–H and O–H groups in total. The molecule has 0 aromatic heterocycles. The molecule has 0 aliphatic carbocycles. The van der Waals surface area contributed by atoms with Crippen molar-refractivity contribution in [1.29, 1.82) is 0 Å². The van der Waals surface area contributed by atoms with Gasteiger partial charge in [-0.2, -0.15) is 0 Å². The van der Waals surface area contributed by atoms with Crippen molar-refractivity contribution in [1.82, 2.24) is 10.2 Å². The van der Waals surface area contributed by atoms with Crippen molar-refractivity contribution in [3.8, 4) is 11.5 Å². The number of rotatable bonds is 19. The van der Waals surface area contributed by atoms with Gasteiger partial charge in [0.05, 0.1) is 31.0 Å². The van der Waals surface area contributed by atoms with Crippen LogP contribution in [0.3, 0.4) is 0 Å². The smallest absolute Gasteiger partial charge is 0.411 e. The first-order valence-corrected chi connectivity index (χ1v) is 26.8. The average Bonchev–Trinajstić information content (AvgIpc) is 3.65. The number of hydrogen-bond acceptors (Lipinski definition) is 10.